The van der Waals surface area contributed by atoms with Crippen molar-refractivity contribution in [3.63, 3.8) is 0 Å². The van der Waals surface area contributed by atoms with Gasteiger partial charge in [0.25, 0.3) is 0 Å². The maximum Gasteiger partial charge on any atom is 0.223 e. The first-order chi connectivity index (χ1) is 11.9. The van der Waals surface area contributed by atoms with Crippen LogP contribution in [0.3, 0.4) is 0 Å². The van der Waals surface area contributed by atoms with E-state index in [1.54, 1.807) is 0 Å². The van der Waals surface area contributed by atoms with E-state index in [1.807, 2.05) is 30.3 Å². The predicted octanol–water partition coefficient (Wildman–Crippen LogP) is 3.66. The summed E-state index contributed by atoms with van der Waals surface area (Å²) in [5, 5.41) is 5.82. The first kappa shape index (κ1) is 19.5. The predicted molar refractivity (Wildman–Crippen MR) is 101 cm³/mol. The molecule has 4 nitrogen and oxygen atoms in total. The van der Waals surface area contributed by atoms with Gasteiger partial charge in [-0.15, -0.1) is 0 Å². The van der Waals surface area contributed by atoms with Crippen molar-refractivity contribution in [2.24, 2.45) is 17.3 Å². The van der Waals surface area contributed by atoms with Crippen molar-refractivity contribution in [2.45, 2.75) is 59.4 Å². The summed E-state index contributed by atoms with van der Waals surface area (Å²) in [5.41, 5.74) is 1.41. The van der Waals surface area contributed by atoms with Gasteiger partial charge in [-0.3, -0.25) is 9.59 Å². The monoisotopic (exact) mass is 344 g/mol. The molecule has 0 aromatic heterocycles. The number of hydrogen-bond donors (Lipinski definition) is 2. The summed E-state index contributed by atoms with van der Waals surface area (Å²) >= 11 is 0. The topological polar surface area (TPSA) is 58.2 Å². The lowest BCUT2D eigenvalue weighted by atomic mass is 9.69. The van der Waals surface area contributed by atoms with E-state index in [0.29, 0.717) is 30.8 Å². The van der Waals surface area contributed by atoms with Crippen LogP contribution >= 0.6 is 0 Å². The van der Waals surface area contributed by atoms with E-state index in [0.717, 1.165) is 31.2 Å². The van der Waals surface area contributed by atoms with Crippen molar-refractivity contribution >= 4 is 11.8 Å². The number of amides is 2. The Kier molecular flexibility index (Phi) is 7.03. The molecule has 0 saturated heterocycles. The van der Waals surface area contributed by atoms with E-state index < -0.39 is 0 Å². The summed E-state index contributed by atoms with van der Waals surface area (Å²) in [6.45, 7) is 7.80. The molecule has 4 heteroatoms. The van der Waals surface area contributed by atoms with Gasteiger partial charge in [-0.2, -0.15) is 0 Å². The molecular formula is C21H32N2O2. The number of nitrogens with one attached hydrogen (secondary N) is 2. The van der Waals surface area contributed by atoms with Gasteiger partial charge in [0.2, 0.25) is 11.8 Å². The Labute approximate surface area is 151 Å². The highest BCUT2D eigenvalue weighted by atomic mass is 16.2. The summed E-state index contributed by atoms with van der Waals surface area (Å²) in [6, 6.07) is 9.83. The van der Waals surface area contributed by atoms with Crippen LogP contribution in [0.15, 0.2) is 30.3 Å². The largest absolute Gasteiger partial charge is 0.355 e. The molecular weight excluding hydrogens is 312 g/mol. The Balaban J connectivity index is 1.61. The molecule has 0 radical (unpaired) electrons. The summed E-state index contributed by atoms with van der Waals surface area (Å²) < 4.78 is 0. The molecule has 2 rings (SSSR count). The molecule has 1 saturated carbocycles. The van der Waals surface area contributed by atoms with Gasteiger partial charge in [-0.25, -0.2) is 0 Å². The molecule has 0 bridgehead atoms. The molecule has 2 N–H and O–H groups in total. The van der Waals surface area contributed by atoms with Crippen molar-refractivity contribution in [3.8, 4) is 0 Å². The number of carbonyl (C=O) groups excluding carboxylic acids is 2. The average Bonchev–Trinajstić information content (AvgIpc) is 2.60. The van der Waals surface area contributed by atoms with E-state index in [4.69, 9.17) is 0 Å². The van der Waals surface area contributed by atoms with Crippen molar-refractivity contribution in [1.82, 2.24) is 10.6 Å². The Morgan fingerprint density at radius 3 is 2.24 bits per heavy atom. The minimum Gasteiger partial charge on any atom is -0.355 e. The SMILES string of the molecule is CC(C)(C)C1CCC(C(=O)NCCC(=O)NCc2ccccc2)CC1. The highest BCUT2D eigenvalue weighted by Gasteiger charge is 2.32. The molecule has 1 aromatic carbocycles. The van der Waals surface area contributed by atoms with E-state index in [9.17, 15) is 9.59 Å². The number of carbonyl (C=O) groups is 2. The standard InChI is InChI=1S/C21H32N2O2/c1-21(2,3)18-11-9-17(10-12-18)20(25)22-14-13-19(24)23-15-16-7-5-4-6-8-16/h4-8,17-18H,9-15H2,1-3H3,(H,22,25)(H,23,24). The lowest BCUT2D eigenvalue weighted by Gasteiger charge is -2.36. The first-order valence-electron chi connectivity index (χ1n) is 9.44. The van der Waals surface area contributed by atoms with Crippen LogP contribution in [0.4, 0.5) is 0 Å². The fraction of sp³-hybridized carbons (Fsp3) is 0.619. The lowest BCUT2D eigenvalue weighted by Crippen LogP contribution is -2.37. The second-order valence-corrected chi connectivity index (χ2v) is 8.22. The molecule has 0 unspecified atom stereocenters. The quantitative estimate of drug-likeness (QED) is 0.827. The molecule has 1 aromatic rings. The molecule has 0 spiro atoms. The Morgan fingerprint density at radius 1 is 1.00 bits per heavy atom. The highest BCUT2D eigenvalue weighted by Crippen LogP contribution is 2.39. The summed E-state index contributed by atoms with van der Waals surface area (Å²) in [6.07, 6.45) is 4.51. The van der Waals surface area contributed by atoms with Crippen LogP contribution in [-0.2, 0) is 16.1 Å². The maximum absolute atomic E-state index is 12.3. The van der Waals surface area contributed by atoms with Crippen molar-refractivity contribution in [3.05, 3.63) is 35.9 Å². The van der Waals surface area contributed by atoms with Crippen LogP contribution in [0.1, 0.15) is 58.4 Å². The Hall–Kier alpha value is -1.84. The van der Waals surface area contributed by atoms with E-state index in [1.165, 1.54) is 0 Å². The van der Waals surface area contributed by atoms with Gasteiger partial charge in [0, 0.05) is 25.4 Å². The molecule has 1 aliphatic carbocycles. The molecule has 1 aliphatic rings. The molecule has 0 heterocycles. The summed E-state index contributed by atoms with van der Waals surface area (Å²) in [5.74, 6) is 0.912. The van der Waals surface area contributed by atoms with Gasteiger partial charge in [0.15, 0.2) is 0 Å². The van der Waals surface area contributed by atoms with Gasteiger partial charge >= 0.3 is 0 Å². The second kappa shape index (κ2) is 9.02. The fourth-order valence-corrected chi connectivity index (χ4v) is 3.55. The van der Waals surface area contributed by atoms with Gasteiger partial charge < -0.3 is 10.6 Å². The molecule has 25 heavy (non-hydrogen) atoms. The Morgan fingerprint density at radius 2 is 1.64 bits per heavy atom. The van der Waals surface area contributed by atoms with Crippen LogP contribution in [0.5, 0.6) is 0 Å². The highest BCUT2D eigenvalue weighted by molar-refractivity contribution is 5.80. The number of hydrogen-bond acceptors (Lipinski definition) is 2. The van der Waals surface area contributed by atoms with Gasteiger partial charge in [0.05, 0.1) is 0 Å². The Bertz CT molecular complexity index is 555. The zero-order valence-corrected chi connectivity index (χ0v) is 15.8. The minimum absolute atomic E-state index is 0.0272. The van der Waals surface area contributed by atoms with Crippen LogP contribution in [0.2, 0.25) is 0 Å². The third kappa shape index (κ3) is 6.52. The third-order valence-corrected chi connectivity index (χ3v) is 5.31. The maximum atomic E-state index is 12.3. The van der Waals surface area contributed by atoms with Crippen molar-refractivity contribution in [1.29, 1.82) is 0 Å². The summed E-state index contributed by atoms with van der Waals surface area (Å²) in [7, 11) is 0. The lowest BCUT2D eigenvalue weighted by molar-refractivity contribution is -0.126. The van der Waals surface area contributed by atoms with E-state index in [2.05, 4.69) is 31.4 Å². The van der Waals surface area contributed by atoms with Gasteiger partial charge in [-0.05, 0) is 42.6 Å². The second-order valence-electron chi connectivity index (χ2n) is 8.22. The molecule has 0 aliphatic heterocycles. The number of rotatable bonds is 6. The minimum atomic E-state index is -0.0272. The van der Waals surface area contributed by atoms with Crippen LogP contribution in [0.25, 0.3) is 0 Å². The zero-order valence-electron chi connectivity index (χ0n) is 15.8. The van der Waals surface area contributed by atoms with Crippen LogP contribution in [0, 0.1) is 17.3 Å². The fourth-order valence-electron chi connectivity index (χ4n) is 3.55. The first-order valence-corrected chi connectivity index (χ1v) is 9.44. The van der Waals surface area contributed by atoms with Crippen molar-refractivity contribution in [2.75, 3.05) is 6.54 Å². The summed E-state index contributed by atoms with van der Waals surface area (Å²) in [4.78, 5) is 24.1. The van der Waals surface area contributed by atoms with E-state index in [-0.39, 0.29) is 17.7 Å². The average molecular weight is 344 g/mol. The van der Waals surface area contributed by atoms with Gasteiger partial charge in [-0.1, -0.05) is 51.1 Å². The third-order valence-electron chi connectivity index (χ3n) is 5.31. The van der Waals surface area contributed by atoms with E-state index >= 15 is 0 Å². The smallest absolute Gasteiger partial charge is 0.223 e. The normalized spacial score (nSPS) is 20.8. The number of benzene rings is 1. The van der Waals surface area contributed by atoms with Crippen LogP contribution < -0.4 is 10.6 Å². The zero-order chi connectivity index (χ0) is 18.3. The molecule has 2 amide bonds. The molecule has 0 atom stereocenters. The van der Waals surface area contributed by atoms with Gasteiger partial charge in [0.1, 0.15) is 0 Å². The van der Waals surface area contributed by atoms with Crippen molar-refractivity contribution < 1.29 is 9.59 Å². The molecule has 1 fully saturated rings. The molecule has 138 valence electrons. The van der Waals surface area contributed by atoms with Crippen LogP contribution in [-0.4, -0.2) is 18.4 Å².